The van der Waals surface area contributed by atoms with Crippen LogP contribution in [-0.4, -0.2) is 35.2 Å². The maximum atomic E-state index is 8.87. The van der Waals surface area contributed by atoms with E-state index in [-0.39, 0.29) is 25.6 Å². The van der Waals surface area contributed by atoms with Gasteiger partial charge in [0.05, 0.1) is 0 Å². The van der Waals surface area contributed by atoms with Crippen molar-refractivity contribution in [1.29, 1.82) is 0 Å². The number of nitrogen functional groups attached to an aromatic ring is 2. The van der Waals surface area contributed by atoms with Crippen LogP contribution in [0.4, 0.5) is 17.1 Å². The van der Waals surface area contributed by atoms with Crippen molar-refractivity contribution in [3.8, 4) is 5.75 Å². The van der Waals surface area contributed by atoms with Crippen LogP contribution in [0.5, 0.6) is 5.75 Å². The molecular formula is C15H19AsClN3O2. The number of halogens is 1. The van der Waals surface area contributed by atoms with Crippen LogP contribution >= 0.6 is 12.4 Å². The molecule has 0 spiro atoms. The van der Waals surface area contributed by atoms with Crippen LogP contribution in [0.15, 0.2) is 36.4 Å². The molecule has 5 nitrogen and oxygen atoms in total. The molecule has 7 heteroatoms. The first-order valence-corrected chi connectivity index (χ1v) is 7.48. The second kappa shape index (κ2) is 8.79. The van der Waals surface area contributed by atoms with Crippen molar-refractivity contribution in [2.24, 2.45) is 0 Å². The predicted molar refractivity (Wildman–Crippen MR) is 94.3 cm³/mol. The normalized spacial score (nSPS) is 9.91. The minimum absolute atomic E-state index is 0. The van der Waals surface area contributed by atoms with Crippen LogP contribution in [0.3, 0.4) is 0 Å². The summed E-state index contributed by atoms with van der Waals surface area (Å²) >= 11 is 2.49. The first-order chi connectivity index (χ1) is 10.1. The Balaban J connectivity index is 0.00000242. The summed E-state index contributed by atoms with van der Waals surface area (Å²) in [6.45, 7) is 0.828. The first-order valence-electron chi connectivity index (χ1n) is 6.54. The summed E-state index contributed by atoms with van der Waals surface area (Å²) in [7, 11) is 0. The molecule has 22 heavy (non-hydrogen) atoms. The fourth-order valence-corrected chi connectivity index (χ4v) is 2.41. The summed E-state index contributed by atoms with van der Waals surface area (Å²) in [4.78, 5) is 0. The molecule has 2 radical (unpaired) electrons. The zero-order valence-electron chi connectivity index (χ0n) is 12.0. The third-order valence-corrected chi connectivity index (χ3v) is 3.42. The third-order valence-electron chi connectivity index (χ3n) is 2.83. The molecule has 0 saturated carbocycles. The SMILES string of the molecule is Cl.Nc1cc(N)cc(CNc2cc([As])ccc2OCCO)c1. The number of hydrogen-bond acceptors (Lipinski definition) is 5. The molecule has 0 unspecified atom stereocenters. The van der Waals surface area contributed by atoms with Crippen molar-refractivity contribution in [2.45, 2.75) is 6.54 Å². The molecular weight excluding hydrogens is 365 g/mol. The standard InChI is InChI=1S/C15H18AsN3O2.ClH/c16-11-1-2-15(21-4-3-20)14(7-11)19-9-10-5-12(17)8-13(18)6-10;/h1-2,5-8,19-20H,3-4,9,17-18H2;1H. The Morgan fingerprint density at radius 1 is 1.09 bits per heavy atom. The summed E-state index contributed by atoms with van der Waals surface area (Å²) in [5, 5.41) is 12.2. The van der Waals surface area contributed by atoms with Gasteiger partial charge >= 0.3 is 132 Å². The van der Waals surface area contributed by atoms with Gasteiger partial charge in [-0.15, -0.1) is 12.4 Å². The Bertz CT molecular complexity index is 605. The van der Waals surface area contributed by atoms with Gasteiger partial charge in [0, 0.05) is 0 Å². The Morgan fingerprint density at radius 3 is 2.41 bits per heavy atom. The average Bonchev–Trinajstić information content (AvgIpc) is 2.43. The number of rotatable bonds is 6. The molecule has 0 amide bonds. The maximum absolute atomic E-state index is 8.87. The topological polar surface area (TPSA) is 93.5 Å². The molecule has 0 heterocycles. The van der Waals surface area contributed by atoms with Gasteiger partial charge in [0.2, 0.25) is 0 Å². The summed E-state index contributed by atoms with van der Waals surface area (Å²) in [6, 6.07) is 11.3. The van der Waals surface area contributed by atoms with Crippen molar-refractivity contribution < 1.29 is 9.84 Å². The number of aliphatic hydroxyl groups excluding tert-OH is 1. The van der Waals surface area contributed by atoms with Gasteiger partial charge in [-0.2, -0.15) is 0 Å². The number of hydrogen-bond donors (Lipinski definition) is 4. The van der Waals surface area contributed by atoms with Crippen LogP contribution in [0.2, 0.25) is 0 Å². The van der Waals surface area contributed by atoms with E-state index in [4.69, 9.17) is 21.3 Å². The molecule has 0 aliphatic heterocycles. The van der Waals surface area contributed by atoms with Gasteiger partial charge < -0.3 is 0 Å². The van der Waals surface area contributed by atoms with Crippen molar-refractivity contribution in [1.82, 2.24) is 0 Å². The van der Waals surface area contributed by atoms with E-state index < -0.39 is 0 Å². The van der Waals surface area contributed by atoms with E-state index in [0.29, 0.717) is 23.7 Å². The molecule has 2 aromatic rings. The van der Waals surface area contributed by atoms with Crippen LogP contribution in [-0.2, 0) is 6.54 Å². The van der Waals surface area contributed by atoms with E-state index in [9.17, 15) is 0 Å². The molecule has 2 aromatic carbocycles. The quantitative estimate of drug-likeness (QED) is 0.442. The molecule has 6 N–H and O–H groups in total. The number of nitrogens with two attached hydrogens (primary N) is 2. The molecule has 118 valence electrons. The van der Waals surface area contributed by atoms with Crippen molar-refractivity contribution in [3.63, 3.8) is 0 Å². The van der Waals surface area contributed by atoms with E-state index in [1.54, 1.807) is 6.07 Å². The van der Waals surface area contributed by atoms with Gasteiger partial charge in [0.15, 0.2) is 0 Å². The number of ether oxygens (including phenoxy) is 1. The minimum atomic E-state index is -0.0187. The van der Waals surface area contributed by atoms with Crippen LogP contribution in [0, 0.1) is 0 Å². The number of nitrogens with one attached hydrogen (secondary N) is 1. The summed E-state index contributed by atoms with van der Waals surface area (Å²) < 4.78 is 6.57. The second-order valence-electron chi connectivity index (χ2n) is 4.61. The molecule has 0 fully saturated rings. The number of aliphatic hydroxyl groups is 1. The Hall–Kier alpha value is -1.55. The zero-order chi connectivity index (χ0) is 15.2. The van der Waals surface area contributed by atoms with E-state index in [0.717, 1.165) is 15.6 Å². The number of anilines is 3. The van der Waals surface area contributed by atoms with Crippen molar-refractivity contribution in [3.05, 3.63) is 42.0 Å². The molecule has 0 saturated heterocycles. The van der Waals surface area contributed by atoms with E-state index >= 15 is 0 Å². The summed E-state index contributed by atoms with van der Waals surface area (Å²) in [5.41, 5.74) is 14.7. The van der Waals surface area contributed by atoms with Crippen LogP contribution in [0.1, 0.15) is 5.56 Å². The monoisotopic (exact) mass is 383 g/mol. The van der Waals surface area contributed by atoms with E-state index in [1.165, 1.54) is 0 Å². The number of benzene rings is 2. The fraction of sp³-hybridized carbons (Fsp3) is 0.200. The van der Waals surface area contributed by atoms with Crippen LogP contribution in [0.25, 0.3) is 0 Å². The summed E-state index contributed by atoms with van der Waals surface area (Å²) in [5.74, 6) is 0.704. The van der Waals surface area contributed by atoms with Crippen LogP contribution < -0.4 is 25.9 Å². The van der Waals surface area contributed by atoms with Gasteiger partial charge in [-0.3, -0.25) is 0 Å². The average molecular weight is 384 g/mol. The van der Waals surface area contributed by atoms with Gasteiger partial charge in [0.25, 0.3) is 0 Å². The Kier molecular flexibility index (Phi) is 7.39. The molecule has 0 aliphatic rings. The first kappa shape index (κ1) is 18.5. The van der Waals surface area contributed by atoms with E-state index in [2.05, 4.69) is 22.2 Å². The van der Waals surface area contributed by atoms with Crippen molar-refractivity contribution >= 4 is 50.7 Å². The third kappa shape index (κ3) is 5.33. The molecule has 2 rings (SSSR count). The molecule has 0 aromatic heterocycles. The van der Waals surface area contributed by atoms with Gasteiger partial charge in [-0.05, 0) is 0 Å². The Labute approximate surface area is 144 Å². The molecule has 0 aliphatic carbocycles. The molecule has 0 bridgehead atoms. The van der Waals surface area contributed by atoms with Gasteiger partial charge in [-0.25, -0.2) is 0 Å². The fourth-order valence-electron chi connectivity index (χ4n) is 1.98. The summed E-state index contributed by atoms with van der Waals surface area (Å²) in [6.07, 6.45) is 0. The second-order valence-corrected chi connectivity index (χ2v) is 5.70. The van der Waals surface area contributed by atoms with Gasteiger partial charge in [0.1, 0.15) is 0 Å². The predicted octanol–water partition coefficient (Wildman–Crippen LogP) is 1.05. The Morgan fingerprint density at radius 2 is 1.77 bits per heavy atom. The van der Waals surface area contributed by atoms with E-state index in [1.807, 2.05) is 30.3 Å². The molecule has 0 atom stereocenters. The van der Waals surface area contributed by atoms with Crippen molar-refractivity contribution in [2.75, 3.05) is 30.0 Å². The van der Waals surface area contributed by atoms with Gasteiger partial charge in [-0.1, -0.05) is 0 Å². The zero-order valence-corrected chi connectivity index (χ0v) is 14.6.